The van der Waals surface area contributed by atoms with Gasteiger partial charge in [0.1, 0.15) is 0 Å². The van der Waals surface area contributed by atoms with Crippen LogP contribution in [0.2, 0.25) is 10.0 Å². The zero-order valence-electron chi connectivity index (χ0n) is 15.4. The highest BCUT2D eigenvalue weighted by Crippen LogP contribution is 2.27. The number of carbonyl (C=O) groups excluding carboxylic acids is 1. The van der Waals surface area contributed by atoms with Gasteiger partial charge in [0.2, 0.25) is 11.1 Å². The first kappa shape index (κ1) is 20.6. The van der Waals surface area contributed by atoms with Gasteiger partial charge < -0.3 is 5.32 Å². The Morgan fingerprint density at radius 3 is 2.54 bits per heavy atom. The van der Waals surface area contributed by atoms with E-state index < -0.39 is 5.25 Å². The van der Waals surface area contributed by atoms with Gasteiger partial charge in [-0.25, -0.2) is 4.98 Å². The number of benzene rings is 1. The molecule has 3 aromatic rings. The smallest absolute Gasteiger partial charge is 0.238 e. The topological polar surface area (TPSA) is 85.6 Å². The molecule has 7 nitrogen and oxygen atoms in total. The summed E-state index contributed by atoms with van der Waals surface area (Å²) in [6.07, 6.45) is 1.42. The Hall–Kier alpha value is -2.16. The van der Waals surface area contributed by atoms with Gasteiger partial charge in [-0.3, -0.25) is 4.79 Å². The van der Waals surface area contributed by atoms with Crippen molar-refractivity contribution >= 4 is 46.7 Å². The number of hydrogen-bond donors (Lipinski definition) is 1. The molecule has 0 saturated heterocycles. The summed E-state index contributed by atoms with van der Waals surface area (Å²) in [4.78, 5) is 16.5. The van der Waals surface area contributed by atoms with Crippen molar-refractivity contribution in [2.45, 2.75) is 37.1 Å². The van der Waals surface area contributed by atoms with E-state index in [1.807, 2.05) is 24.3 Å². The van der Waals surface area contributed by atoms with Crippen molar-refractivity contribution in [3.8, 4) is 5.69 Å². The molecule has 2 aromatic heterocycles. The molecule has 1 aromatic carbocycles. The molecule has 0 bridgehead atoms. The molecule has 0 fully saturated rings. The van der Waals surface area contributed by atoms with E-state index in [0.717, 1.165) is 5.69 Å². The van der Waals surface area contributed by atoms with Gasteiger partial charge in [0.05, 0.1) is 21.0 Å². The zero-order chi connectivity index (χ0) is 20.3. The lowest BCUT2D eigenvalue weighted by atomic mass is 10.0. The molecule has 146 valence electrons. The number of thioether (sulfide) groups is 1. The van der Waals surface area contributed by atoms with Gasteiger partial charge in [0.25, 0.3) is 0 Å². The number of rotatable bonds is 6. The summed E-state index contributed by atoms with van der Waals surface area (Å²) in [7, 11) is 0. The number of hydrogen-bond acceptors (Lipinski definition) is 6. The minimum atomic E-state index is -0.478. The predicted molar refractivity (Wildman–Crippen MR) is 111 cm³/mol. The highest BCUT2D eigenvalue weighted by atomic mass is 35.5. The SMILES string of the molecule is CC(Sc1nnnn1-c1ccc(C(C)C)cc1)C(=O)Nc1ncc(Cl)cc1Cl. The number of anilines is 1. The number of tetrazole rings is 1. The second-order valence-electron chi connectivity index (χ2n) is 6.35. The lowest BCUT2D eigenvalue weighted by Gasteiger charge is -2.12. The van der Waals surface area contributed by atoms with Gasteiger partial charge in [0, 0.05) is 6.20 Å². The highest BCUT2D eigenvalue weighted by Gasteiger charge is 2.20. The lowest BCUT2D eigenvalue weighted by Crippen LogP contribution is -2.23. The molecule has 1 amide bonds. The molecule has 1 unspecified atom stereocenters. The summed E-state index contributed by atoms with van der Waals surface area (Å²) in [6, 6.07) is 9.52. The van der Waals surface area contributed by atoms with Crippen LogP contribution in [0, 0.1) is 0 Å². The molecule has 28 heavy (non-hydrogen) atoms. The summed E-state index contributed by atoms with van der Waals surface area (Å²) < 4.78 is 1.60. The Balaban J connectivity index is 1.71. The van der Waals surface area contributed by atoms with E-state index in [1.165, 1.54) is 29.6 Å². The molecule has 2 heterocycles. The van der Waals surface area contributed by atoms with Crippen molar-refractivity contribution in [1.29, 1.82) is 0 Å². The normalized spacial score (nSPS) is 12.2. The van der Waals surface area contributed by atoms with Crippen LogP contribution in [0.1, 0.15) is 32.3 Å². The number of carbonyl (C=O) groups is 1. The fourth-order valence-electron chi connectivity index (χ4n) is 2.35. The van der Waals surface area contributed by atoms with Crippen molar-refractivity contribution in [2.75, 3.05) is 5.32 Å². The fourth-order valence-corrected chi connectivity index (χ4v) is 3.59. The Morgan fingerprint density at radius 2 is 1.89 bits per heavy atom. The van der Waals surface area contributed by atoms with Crippen LogP contribution < -0.4 is 5.32 Å². The summed E-state index contributed by atoms with van der Waals surface area (Å²) in [6.45, 7) is 6.02. The van der Waals surface area contributed by atoms with E-state index in [0.29, 0.717) is 16.1 Å². The van der Waals surface area contributed by atoms with Crippen LogP contribution in [0.15, 0.2) is 41.7 Å². The Kier molecular flexibility index (Phi) is 6.53. The molecule has 10 heteroatoms. The van der Waals surface area contributed by atoms with E-state index in [-0.39, 0.29) is 16.7 Å². The molecule has 0 saturated carbocycles. The maximum absolute atomic E-state index is 12.5. The van der Waals surface area contributed by atoms with Gasteiger partial charge in [-0.2, -0.15) is 4.68 Å². The van der Waals surface area contributed by atoms with Gasteiger partial charge in [0.15, 0.2) is 5.82 Å². The number of halogens is 2. The molecule has 0 radical (unpaired) electrons. The van der Waals surface area contributed by atoms with Crippen LogP contribution in [-0.4, -0.2) is 36.3 Å². The van der Waals surface area contributed by atoms with E-state index in [2.05, 4.69) is 39.7 Å². The van der Waals surface area contributed by atoms with Crippen molar-refractivity contribution in [2.24, 2.45) is 0 Å². The maximum atomic E-state index is 12.5. The second kappa shape index (κ2) is 8.89. The van der Waals surface area contributed by atoms with Crippen LogP contribution in [0.25, 0.3) is 5.69 Å². The highest BCUT2D eigenvalue weighted by molar-refractivity contribution is 8.00. The molecule has 0 aliphatic carbocycles. The van der Waals surface area contributed by atoms with Crippen LogP contribution in [0.4, 0.5) is 5.82 Å². The van der Waals surface area contributed by atoms with Crippen LogP contribution in [0.5, 0.6) is 0 Å². The lowest BCUT2D eigenvalue weighted by molar-refractivity contribution is -0.115. The number of nitrogens with zero attached hydrogens (tertiary/aromatic N) is 5. The molecule has 0 aliphatic rings. The van der Waals surface area contributed by atoms with Crippen LogP contribution in [-0.2, 0) is 4.79 Å². The monoisotopic (exact) mass is 436 g/mol. The molecule has 0 spiro atoms. The fraction of sp³-hybridized carbons (Fsp3) is 0.278. The zero-order valence-corrected chi connectivity index (χ0v) is 17.8. The maximum Gasteiger partial charge on any atom is 0.238 e. The number of nitrogens with one attached hydrogen (secondary N) is 1. The van der Waals surface area contributed by atoms with Crippen LogP contribution >= 0.6 is 35.0 Å². The molecule has 0 aliphatic heterocycles. The average Bonchev–Trinajstić information content (AvgIpc) is 3.12. The number of amides is 1. The standard InChI is InChI=1S/C18H18Cl2N6OS/c1-10(2)12-4-6-14(7-5-12)26-18(23-24-25-26)28-11(3)17(27)22-16-15(20)8-13(19)9-21-16/h4-11H,1-3H3,(H,21,22,27). The summed E-state index contributed by atoms with van der Waals surface area (Å²) in [5, 5.41) is 15.2. The van der Waals surface area contributed by atoms with Crippen molar-refractivity contribution in [3.05, 3.63) is 52.1 Å². The number of pyridine rings is 1. The van der Waals surface area contributed by atoms with Crippen molar-refractivity contribution < 1.29 is 4.79 Å². The Morgan fingerprint density at radius 1 is 1.18 bits per heavy atom. The first-order valence-electron chi connectivity index (χ1n) is 8.52. The first-order chi connectivity index (χ1) is 13.3. The molecular formula is C18H18Cl2N6OS. The largest absolute Gasteiger partial charge is 0.308 e. The van der Waals surface area contributed by atoms with Gasteiger partial charge in [-0.1, -0.05) is 60.9 Å². The molecular weight excluding hydrogens is 419 g/mol. The third-order valence-corrected chi connectivity index (χ3v) is 5.47. The quantitative estimate of drug-likeness (QED) is 0.567. The third-order valence-electron chi connectivity index (χ3n) is 3.95. The summed E-state index contributed by atoms with van der Waals surface area (Å²) in [5.41, 5.74) is 2.05. The minimum absolute atomic E-state index is 0.257. The van der Waals surface area contributed by atoms with Gasteiger partial charge in [-0.15, -0.1) is 5.10 Å². The second-order valence-corrected chi connectivity index (χ2v) is 8.50. The number of aromatic nitrogens is 5. The molecule has 3 rings (SSSR count). The van der Waals surface area contributed by atoms with E-state index in [4.69, 9.17) is 23.2 Å². The van der Waals surface area contributed by atoms with Gasteiger partial charge in [-0.05, 0) is 47.0 Å². The summed E-state index contributed by atoms with van der Waals surface area (Å²) >= 11 is 13.1. The van der Waals surface area contributed by atoms with Crippen molar-refractivity contribution in [3.63, 3.8) is 0 Å². The van der Waals surface area contributed by atoms with Crippen molar-refractivity contribution in [1.82, 2.24) is 25.2 Å². The van der Waals surface area contributed by atoms with E-state index >= 15 is 0 Å². The first-order valence-corrected chi connectivity index (χ1v) is 10.2. The molecule has 1 atom stereocenters. The van der Waals surface area contributed by atoms with E-state index in [9.17, 15) is 4.79 Å². The average molecular weight is 437 g/mol. The van der Waals surface area contributed by atoms with Gasteiger partial charge >= 0.3 is 0 Å². The molecule has 1 N–H and O–H groups in total. The van der Waals surface area contributed by atoms with E-state index in [1.54, 1.807) is 11.6 Å². The Bertz CT molecular complexity index is 976. The predicted octanol–water partition coefficient (Wildman–Crippen LogP) is 4.61. The van der Waals surface area contributed by atoms with Crippen LogP contribution in [0.3, 0.4) is 0 Å². The summed E-state index contributed by atoms with van der Waals surface area (Å²) in [5.74, 6) is 0.424. The Labute approximate surface area is 176 Å². The minimum Gasteiger partial charge on any atom is -0.308 e. The third kappa shape index (κ3) is 4.81.